The van der Waals surface area contributed by atoms with E-state index in [9.17, 15) is 0 Å². The van der Waals surface area contributed by atoms with E-state index in [2.05, 4.69) is 4.40 Å². The van der Waals surface area contributed by atoms with E-state index >= 15 is 0 Å². The predicted molar refractivity (Wildman–Crippen MR) is 10.7 cm³/mol. The topological polar surface area (TPSA) is 0 Å². The molecule has 0 fully saturated rings. The molecule has 0 aromatic heterocycles. The molecule has 17 heavy (non-hydrogen) atoms. The van der Waals surface area contributed by atoms with E-state index in [-0.39, 0.29) is 211 Å². The fourth-order valence-electron chi connectivity index (χ4n) is 0. The van der Waals surface area contributed by atoms with E-state index in [0.29, 0.717) is 0 Å². The Kier molecular flexibility index (Phi) is 723. The second-order valence-electron chi connectivity index (χ2n) is 0.204. The molecule has 0 heterocycles. The van der Waals surface area contributed by atoms with E-state index < -0.39 is 0 Å². The van der Waals surface area contributed by atoms with E-state index in [1.54, 1.807) is 64.9 Å². The Morgan fingerprint density at radius 2 is 0.471 bits per heavy atom. The van der Waals surface area contributed by atoms with Crippen molar-refractivity contribution in [3.63, 3.8) is 0 Å². The van der Waals surface area contributed by atoms with Crippen LogP contribution in [0, 0.1) is 0 Å². The number of hydrogen-bond donors (Lipinski definition) is 0. The van der Waals surface area contributed by atoms with Gasteiger partial charge in [-0.15, -0.1) is 0 Å². The van der Waals surface area contributed by atoms with Crippen LogP contribution in [0.4, 0.5) is 0 Å². The van der Waals surface area contributed by atoms with E-state index in [4.69, 9.17) is 0 Å². The molecule has 0 nitrogen and oxygen atoms in total. The summed E-state index contributed by atoms with van der Waals surface area (Å²) in [6.45, 7) is 1.91. The van der Waals surface area contributed by atoms with Crippen LogP contribution in [0.15, 0.2) is 0 Å². The molecule has 0 atom stereocenters. The SMILES string of the molecule is C[C-]=[W].[W].[W].[W].[W].[W].[W].[W].[W].[W].[W].[W]=[W].[W]=[W]. The van der Waals surface area contributed by atoms with Gasteiger partial charge in [0.15, 0.2) is 0 Å². The first-order valence-electron chi connectivity index (χ1n) is 1.04. The summed E-state index contributed by atoms with van der Waals surface area (Å²) in [6, 6.07) is 0. The maximum atomic E-state index is 2.83. The van der Waals surface area contributed by atoms with Gasteiger partial charge in [-0.05, 0) is 0 Å². The standard InChI is InChI=1S/C2H3.15W/c1-2;;;;;;;;;;;;;;;/h1H3;;;;;;;;;;;;;;;/q-1;;;;;;;;;;;;;;;. The van der Waals surface area contributed by atoms with Crippen molar-refractivity contribution in [1.82, 2.24) is 0 Å². The normalized spacial score (nSPS) is 1.24. The van der Waals surface area contributed by atoms with Gasteiger partial charge >= 0.3 is 95.6 Å². The van der Waals surface area contributed by atoms with Crippen molar-refractivity contribution in [2.45, 2.75) is 6.92 Å². The molecule has 0 N–H and O–H groups in total. The molecule has 0 aromatic rings. The van der Waals surface area contributed by atoms with Crippen molar-refractivity contribution in [1.29, 1.82) is 0 Å². The first-order valence-corrected chi connectivity index (χ1v) is 24.5. The molecule has 0 amide bonds. The number of rotatable bonds is 0. The summed E-state index contributed by atoms with van der Waals surface area (Å²) in [7, 11) is 0. The molecule has 102 valence electrons. The molecule has 0 radical (unpaired) electrons. The summed E-state index contributed by atoms with van der Waals surface area (Å²) in [4.78, 5) is 0. The molecule has 0 unspecified atom stereocenters. The van der Waals surface area contributed by atoms with Crippen LogP contribution in [-0.2, 0) is 295 Å². The van der Waals surface area contributed by atoms with Gasteiger partial charge in [0, 0.05) is 211 Å². The molecule has 0 bridgehead atoms. The van der Waals surface area contributed by atoms with Gasteiger partial charge in [-0.25, -0.2) is 0 Å². The molecule has 0 aliphatic rings. The Balaban J connectivity index is -0.00000000100. The minimum atomic E-state index is 0. The van der Waals surface area contributed by atoms with Crippen molar-refractivity contribution < 1.29 is 295 Å². The summed E-state index contributed by atoms with van der Waals surface area (Å²) in [5.41, 5.74) is 0. The third-order valence-corrected chi connectivity index (χ3v) is 0. The second-order valence-corrected chi connectivity index (χ2v) is 1.67. The van der Waals surface area contributed by atoms with Gasteiger partial charge in [-0.1, -0.05) is 0 Å². The second kappa shape index (κ2) is 133. The van der Waals surface area contributed by atoms with Crippen LogP contribution in [0.1, 0.15) is 6.92 Å². The molecular formula is C2H3W15-. The molecule has 0 saturated carbocycles. The van der Waals surface area contributed by atoms with Gasteiger partial charge in [0.05, 0.1) is 0 Å². The zero-order valence-corrected chi connectivity index (χ0v) is 51.6. The monoisotopic (exact) mass is 2790 g/mol. The molecule has 0 rings (SSSR count). The Labute approximate surface area is 297 Å². The molecule has 0 aromatic carbocycles. The van der Waals surface area contributed by atoms with Crippen molar-refractivity contribution in [2.75, 3.05) is 0 Å². The van der Waals surface area contributed by atoms with E-state index in [0.717, 1.165) is 0 Å². The Hall–Kier alpha value is 10.2. The molecule has 0 aliphatic heterocycles. The quantitative estimate of drug-likeness (QED) is 0.305. The Morgan fingerprint density at radius 3 is 0.471 bits per heavy atom. The van der Waals surface area contributed by atoms with Crippen LogP contribution in [0.3, 0.4) is 0 Å². The van der Waals surface area contributed by atoms with Crippen LogP contribution in [0.2, 0.25) is 0 Å². The molecule has 0 spiro atoms. The summed E-state index contributed by atoms with van der Waals surface area (Å²) >= 11 is 8.09. The van der Waals surface area contributed by atoms with Gasteiger partial charge in [0.2, 0.25) is 0 Å². The Morgan fingerprint density at radius 1 is 0.471 bits per heavy atom. The molecule has 15 heteroatoms. The fraction of sp³-hybridized carbons (Fsp3) is 0.500. The third-order valence-electron chi connectivity index (χ3n) is 0. The maximum absolute atomic E-state index is 2.83. The summed E-state index contributed by atoms with van der Waals surface area (Å²) < 4.78 is 2.83. The predicted octanol–water partition coefficient (Wildman–Crippen LogP) is 0.197. The molecular weight excluding hydrogens is 2780 g/mol. The number of hydrogen-bond acceptors (Lipinski definition) is 0. The average molecular weight is 2780 g/mol. The van der Waals surface area contributed by atoms with Gasteiger partial charge in [0.25, 0.3) is 0 Å². The van der Waals surface area contributed by atoms with Gasteiger partial charge < -0.3 is 0 Å². The van der Waals surface area contributed by atoms with Crippen molar-refractivity contribution >= 4 is 4.40 Å². The third kappa shape index (κ3) is 148. The minimum absolute atomic E-state index is 0. The van der Waals surface area contributed by atoms with Gasteiger partial charge in [-0.3, -0.25) is 0 Å². The van der Waals surface area contributed by atoms with Crippen LogP contribution in [0.25, 0.3) is 0 Å². The van der Waals surface area contributed by atoms with Crippen LogP contribution < -0.4 is 0 Å². The first-order chi connectivity index (χ1) is 3.41. The fourth-order valence-corrected chi connectivity index (χ4v) is 0. The summed E-state index contributed by atoms with van der Waals surface area (Å²) in [5.74, 6) is 0. The first kappa shape index (κ1) is 92.6. The van der Waals surface area contributed by atoms with Crippen LogP contribution >= 0.6 is 0 Å². The van der Waals surface area contributed by atoms with Crippen molar-refractivity contribution in [3.05, 3.63) is 0 Å². The van der Waals surface area contributed by atoms with Crippen LogP contribution in [0.5, 0.6) is 0 Å². The summed E-state index contributed by atoms with van der Waals surface area (Å²) in [6.07, 6.45) is 0. The molecule has 0 saturated heterocycles. The van der Waals surface area contributed by atoms with E-state index in [1.807, 2.05) is 6.92 Å². The zero-order chi connectivity index (χ0) is 6.71. The van der Waals surface area contributed by atoms with Crippen molar-refractivity contribution in [3.8, 4) is 0 Å². The summed E-state index contributed by atoms with van der Waals surface area (Å²) in [5, 5.41) is 0. The molecule has 0 aliphatic carbocycles. The average Bonchev–Trinajstić information content (AvgIpc) is 1.78. The zero-order valence-electron chi connectivity index (χ0n) is 7.62. The van der Waals surface area contributed by atoms with E-state index in [1.165, 1.54) is 19.4 Å². The van der Waals surface area contributed by atoms with Gasteiger partial charge in [0.1, 0.15) is 0 Å². The van der Waals surface area contributed by atoms with Gasteiger partial charge in [-0.2, -0.15) is 0 Å². The Bertz CT molecular complexity index is 28.1. The van der Waals surface area contributed by atoms with Crippen molar-refractivity contribution in [2.24, 2.45) is 0 Å². The van der Waals surface area contributed by atoms with Crippen LogP contribution in [-0.4, -0.2) is 4.40 Å².